The molecule has 3 aromatic heterocycles. The van der Waals surface area contributed by atoms with Crippen molar-refractivity contribution in [3.05, 3.63) is 93.7 Å². The van der Waals surface area contributed by atoms with E-state index < -0.39 is 23.8 Å². The summed E-state index contributed by atoms with van der Waals surface area (Å²) in [6.07, 6.45) is 1.27. The number of rotatable bonds is 5. The summed E-state index contributed by atoms with van der Waals surface area (Å²) in [7, 11) is 0. The molecule has 2 N–H and O–H groups in total. The lowest BCUT2D eigenvalue weighted by Crippen LogP contribution is -2.26. The molecule has 4 heterocycles. The third-order valence-corrected chi connectivity index (χ3v) is 6.17. The Bertz CT molecular complexity index is 1650. The van der Waals surface area contributed by atoms with Crippen LogP contribution in [0.2, 0.25) is 0 Å². The highest BCUT2D eigenvalue weighted by atomic mass is 19.4. The summed E-state index contributed by atoms with van der Waals surface area (Å²) in [6, 6.07) is 11.5. The number of pyridine rings is 2. The van der Waals surface area contributed by atoms with Crippen molar-refractivity contribution in [3.63, 3.8) is 0 Å². The summed E-state index contributed by atoms with van der Waals surface area (Å²) in [4.78, 5) is 26.0. The number of nitrogens with zero attached hydrogens (tertiary/aromatic N) is 4. The first-order valence-corrected chi connectivity index (χ1v) is 11.9. The van der Waals surface area contributed by atoms with Gasteiger partial charge in [0, 0.05) is 30.0 Å². The van der Waals surface area contributed by atoms with Gasteiger partial charge in [-0.1, -0.05) is 24.1 Å². The lowest BCUT2D eigenvalue weighted by Gasteiger charge is -2.16. The molecule has 1 aliphatic rings. The Labute approximate surface area is 216 Å². The summed E-state index contributed by atoms with van der Waals surface area (Å²) in [5, 5.41) is 6.87. The number of nitrogens with one attached hydrogen (secondary N) is 2. The van der Waals surface area contributed by atoms with Gasteiger partial charge in [0.15, 0.2) is 0 Å². The molecule has 10 heteroatoms. The predicted octanol–water partition coefficient (Wildman–Crippen LogP) is 4.75. The van der Waals surface area contributed by atoms with Gasteiger partial charge >= 0.3 is 6.18 Å². The van der Waals surface area contributed by atoms with Crippen molar-refractivity contribution < 1.29 is 13.2 Å². The van der Waals surface area contributed by atoms with E-state index in [2.05, 4.69) is 43.5 Å². The number of anilines is 2. The highest BCUT2D eigenvalue weighted by Crippen LogP contribution is 2.31. The second-order valence-corrected chi connectivity index (χ2v) is 8.68. The third-order valence-electron chi connectivity index (χ3n) is 6.17. The van der Waals surface area contributed by atoms with Crippen LogP contribution in [0.1, 0.15) is 35.7 Å². The molecule has 192 valence electrons. The summed E-state index contributed by atoms with van der Waals surface area (Å²) >= 11 is 0. The average molecular weight is 517 g/mol. The van der Waals surface area contributed by atoms with E-state index in [1.54, 1.807) is 13.0 Å². The van der Waals surface area contributed by atoms with E-state index in [0.29, 0.717) is 5.39 Å². The standard InChI is InChI=1S/C28H23F3N6O/c1-2-4-20-15-21-16-34-27(35-22-8-6-18(7-9-22)19-10-13-32-14-11-19)36-25(21)37(26(20)38)17-24-23(28(29,30)31)5-3-12-33-24/h3,5-10,12,15-16,32H,11,13-14,17H2,1H3,(H,34,35,36). The molecule has 0 aliphatic carbocycles. The minimum Gasteiger partial charge on any atom is -0.324 e. The van der Waals surface area contributed by atoms with Crippen LogP contribution in [0.25, 0.3) is 16.6 Å². The highest BCUT2D eigenvalue weighted by Gasteiger charge is 2.34. The van der Waals surface area contributed by atoms with Gasteiger partial charge in [0.05, 0.1) is 23.4 Å². The molecule has 0 saturated carbocycles. The van der Waals surface area contributed by atoms with Crippen LogP contribution in [-0.4, -0.2) is 32.6 Å². The summed E-state index contributed by atoms with van der Waals surface area (Å²) in [5.74, 6) is 5.59. The van der Waals surface area contributed by atoms with Crippen molar-refractivity contribution in [2.75, 3.05) is 18.4 Å². The Balaban J connectivity index is 1.53. The van der Waals surface area contributed by atoms with E-state index in [9.17, 15) is 18.0 Å². The zero-order valence-electron chi connectivity index (χ0n) is 20.4. The Morgan fingerprint density at radius 2 is 1.97 bits per heavy atom. The molecule has 0 atom stereocenters. The van der Waals surface area contributed by atoms with E-state index in [4.69, 9.17) is 0 Å². The third kappa shape index (κ3) is 5.28. The predicted molar refractivity (Wildman–Crippen MR) is 140 cm³/mol. The monoisotopic (exact) mass is 516 g/mol. The molecule has 0 bridgehead atoms. The molecule has 0 unspecified atom stereocenters. The maximum atomic E-state index is 13.6. The van der Waals surface area contributed by atoms with Crippen molar-refractivity contribution in [1.82, 2.24) is 24.8 Å². The van der Waals surface area contributed by atoms with E-state index >= 15 is 0 Å². The van der Waals surface area contributed by atoms with Crippen molar-refractivity contribution in [1.29, 1.82) is 0 Å². The van der Waals surface area contributed by atoms with Crippen LogP contribution in [-0.2, 0) is 12.7 Å². The number of hydrogen-bond acceptors (Lipinski definition) is 6. The summed E-state index contributed by atoms with van der Waals surface area (Å²) in [5.41, 5.74) is 1.68. The molecular weight excluding hydrogens is 493 g/mol. The van der Waals surface area contributed by atoms with Gasteiger partial charge in [-0.3, -0.25) is 14.3 Å². The highest BCUT2D eigenvalue weighted by molar-refractivity contribution is 5.78. The van der Waals surface area contributed by atoms with E-state index in [0.717, 1.165) is 41.4 Å². The van der Waals surface area contributed by atoms with Crippen molar-refractivity contribution in [2.24, 2.45) is 0 Å². The number of fused-ring (bicyclic) bond motifs is 1. The fraction of sp³-hybridized carbons (Fsp3) is 0.214. The molecule has 0 radical (unpaired) electrons. The number of hydrogen-bond donors (Lipinski definition) is 2. The normalized spacial score (nSPS) is 13.5. The zero-order valence-corrected chi connectivity index (χ0v) is 20.4. The minimum absolute atomic E-state index is 0.136. The van der Waals surface area contributed by atoms with Crippen LogP contribution in [0.5, 0.6) is 0 Å². The van der Waals surface area contributed by atoms with Gasteiger partial charge in [-0.2, -0.15) is 18.2 Å². The molecule has 1 aromatic carbocycles. The molecule has 0 amide bonds. The fourth-order valence-electron chi connectivity index (χ4n) is 4.34. The molecule has 0 spiro atoms. The molecule has 5 rings (SSSR count). The Morgan fingerprint density at radius 3 is 2.68 bits per heavy atom. The number of aromatic nitrogens is 4. The summed E-state index contributed by atoms with van der Waals surface area (Å²) < 4.78 is 42.0. The van der Waals surface area contributed by atoms with Crippen LogP contribution in [0, 0.1) is 11.8 Å². The van der Waals surface area contributed by atoms with Gasteiger partial charge in [0.25, 0.3) is 5.56 Å². The van der Waals surface area contributed by atoms with Gasteiger partial charge in [0.2, 0.25) is 5.95 Å². The number of benzene rings is 1. The molecule has 1 aliphatic heterocycles. The maximum Gasteiger partial charge on any atom is 0.418 e. The molecular formula is C28H23F3N6O. The molecule has 4 aromatic rings. The fourth-order valence-corrected chi connectivity index (χ4v) is 4.34. The number of halogens is 3. The smallest absolute Gasteiger partial charge is 0.324 e. The van der Waals surface area contributed by atoms with Crippen molar-refractivity contribution in [2.45, 2.75) is 26.1 Å². The molecule has 0 saturated heterocycles. The van der Waals surface area contributed by atoms with Crippen molar-refractivity contribution in [3.8, 4) is 11.8 Å². The van der Waals surface area contributed by atoms with E-state index in [1.165, 1.54) is 24.0 Å². The number of alkyl halides is 3. The molecule has 7 nitrogen and oxygen atoms in total. The second-order valence-electron chi connectivity index (χ2n) is 8.68. The van der Waals surface area contributed by atoms with Gasteiger partial charge in [0.1, 0.15) is 5.65 Å². The van der Waals surface area contributed by atoms with Gasteiger partial charge < -0.3 is 10.6 Å². The lowest BCUT2D eigenvalue weighted by atomic mass is 10.0. The first-order chi connectivity index (χ1) is 18.3. The minimum atomic E-state index is -4.62. The largest absolute Gasteiger partial charge is 0.418 e. The first-order valence-electron chi connectivity index (χ1n) is 11.9. The summed E-state index contributed by atoms with van der Waals surface area (Å²) in [6.45, 7) is 2.92. The van der Waals surface area contributed by atoms with Gasteiger partial charge in [-0.05, 0) is 61.4 Å². The quantitative estimate of drug-likeness (QED) is 0.373. The lowest BCUT2D eigenvalue weighted by molar-refractivity contribution is -0.138. The van der Waals surface area contributed by atoms with Crippen molar-refractivity contribution >= 4 is 28.2 Å². The van der Waals surface area contributed by atoms with Crippen LogP contribution in [0.4, 0.5) is 24.8 Å². The average Bonchev–Trinajstić information content (AvgIpc) is 2.92. The van der Waals surface area contributed by atoms with Crippen LogP contribution >= 0.6 is 0 Å². The first kappa shape index (κ1) is 25.2. The molecule has 38 heavy (non-hydrogen) atoms. The Hall–Kier alpha value is -4.49. The van der Waals surface area contributed by atoms with Crippen LogP contribution in [0.3, 0.4) is 0 Å². The van der Waals surface area contributed by atoms with E-state index in [-0.39, 0.29) is 22.9 Å². The van der Waals surface area contributed by atoms with Crippen LogP contribution < -0.4 is 16.2 Å². The zero-order chi connectivity index (χ0) is 26.7. The van der Waals surface area contributed by atoms with E-state index in [1.807, 2.05) is 24.3 Å². The molecule has 0 fully saturated rings. The maximum absolute atomic E-state index is 13.6. The topological polar surface area (TPSA) is 84.7 Å². The second kappa shape index (κ2) is 10.5. The van der Waals surface area contributed by atoms with Gasteiger partial charge in [-0.25, -0.2) is 4.98 Å². The SMILES string of the molecule is CC#Cc1cc2cnc(Nc3ccc(C4=CCNCC4)cc3)nc2n(Cc2ncccc2C(F)(F)F)c1=O. The van der Waals surface area contributed by atoms with Crippen LogP contribution in [0.15, 0.2) is 65.7 Å². The Kier molecular flexibility index (Phi) is 6.94. The Morgan fingerprint density at radius 1 is 1.16 bits per heavy atom. The van der Waals surface area contributed by atoms with Gasteiger partial charge in [-0.15, -0.1) is 5.92 Å².